The van der Waals surface area contributed by atoms with Gasteiger partial charge in [-0.15, -0.1) is 5.10 Å². The minimum absolute atomic E-state index is 0.0553. The van der Waals surface area contributed by atoms with Gasteiger partial charge in [-0.25, -0.2) is 4.68 Å². The van der Waals surface area contributed by atoms with Crippen LogP contribution in [0, 0.1) is 0 Å². The van der Waals surface area contributed by atoms with Crippen LogP contribution in [0.1, 0.15) is 47.3 Å². The van der Waals surface area contributed by atoms with Gasteiger partial charge >= 0.3 is 0 Å². The van der Waals surface area contributed by atoms with Crippen LogP contribution in [-0.4, -0.2) is 47.8 Å². The molecule has 8 heteroatoms. The molecular weight excluding hydrogens is 342 g/mol. The molecule has 1 fully saturated rings. The van der Waals surface area contributed by atoms with E-state index < -0.39 is 6.04 Å². The summed E-state index contributed by atoms with van der Waals surface area (Å²) in [5.41, 5.74) is 4.64. The number of aromatic amines is 1. The van der Waals surface area contributed by atoms with Crippen molar-refractivity contribution < 1.29 is 4.79 Å². The molecule has 1 aliphatic carbocycles. The molecule has 1 N–H and O–H groups in total. The number of hydrogen-bond acceptors (Lipinski definition) is 5. The average Bonchev–Trinajstić information content (AvgIpc) is 3.24. The number of amides is 1. The lowest BCUT2D eigenvalue weighted by atomic mass is 10.0. The van der Waals surface area contributed by atoms with Gasteiger partial charge in [0.25, 0.3) is 0 Å². The quantitative estimate of drug-likeness (QED) is 0.744. The van der Waals surface area contributed by atoms with Gasteiger partial charge in [0, 0.05) is 43.1 Å². The fourth-order valence-corrected chi connectivity index (χ4v) is 3.85. The van der Waals surface area contributed by atoms with Gasteiger partial charge in [0.05, 0.1) is 5.69 Å². The Morgan fingerprint density at radius 2 is 2.11 bits per heavy atom. The second-order valence-electron chi connectivity index (χ2n) is 7.35. The number of nitrogens with zero attached hydrogens (tertiary/aromatic N) is 6. The van der Waals surface area contributed by atoms with Crippen molar-refractivity contribution in [2.75, 3.05) is 6.54 Å². The number of H-pyrrole nitrogens is 1. The zero-order valence-electron chi connectivity index (χ0n) is 15.0. The lowest BCUT2D eigenvalue weighted by molar-refractivity contribution is -0.136. The molecule has 5 rings (SSSR count). The first-order valence-corrected chi connectivity index (χ1v) is 9.41. The van der Waals surface area contributed by atoms with E-state index >= 15 is 0 Å². The number of aromatic nitrogens is 6. The van der Waals surface area contributed by atoms with Crippen LogP contribution in [0.3, 0.4) is 0 Å². The molecule has 0 saturated heterocycles. The maximum absolute atomic E-state index is 13.4. The summed E-state index contributed by atoms with van der Waals surface area (Å²) in [6.45, 7) is 1.30. The summed E-state index contributed by atoms with van der Waals surface area (Å²) in [5, 5.41) is 19.2. The van der Waals surface area contributed by atoms with Crippen LogP contribution in [0.5, 0.6) is 0 Å². The summed E-state index contributed by atoms with van der Waals surface area (Å²) in [6, 6.07) is 9.55. The molecule has 1 atom stereocenters. The molecule has 138 valence electrons. The number of hydrogen-bond donors (Lipinski definition) is 1. The second kappa shape index (κ2) is 6.61. The molecule has 27 heavy (non-hydrogen) atoms. The largest absolute Gasteiger partial charge is 0.336 e. The third-order valence-electron chi connectivity index (χ3n) is 5.48. The molecule has 1 aromatic carbocycles. The monoisotopic (exact) mass is 363 g/mol. The normalized spacial score (nSPS) is 17.6. The third-order valence-corrected chi connectivity index (χ3v) is 5.48. The summed E-state index contributed by atoms with van der Waals surface area (Å²) < 4.78 is 1.57. The van der Waals surface area contributed by atoms with E-state index in [1.54, 1.807) is 4.68 Å². The van der Waals surface area contributed by atoms with Gasteiger partial charge in [-0.3, -0.25) is 9.89 Å². The van der Waals surface area contributed by atoms with Crippen LogP contribution in [0.2, 0.25) is 0 Å². The van der Waals surface area contributed by atoms with Crippen LogP contribution >= 0.6 is 0 Å². The summed E-state index contributed by atoms with van der Waals surface area (Å²) in [4.78, 5) is 15.3. The van der Waals surface area contributed by atoms with Gasteiger partial charge in [0.2, 0.25) is 5.91 Å². The summed E-state index contributed by atoms with van der Waals surface area (Å²) in [5.74, 6) is 0.624. The fraction of sp³-hybridized carbons (Fsp3) is 0.421. The molecule has 2 aromatic heterocycles. The number of nitrogens with one attached hydrogen (secondary N) is 1. The van der Waals surface area contributed by atoms with Crippen LogP contribution in [0.4, 0.5) is 0 Å². The third kappa shape index (κ3) is 3.11. The minimum atomic E-state index is -0.444. The van der Waals surface area contributed by atoms with Gasteiger partial charge in [0.15, 0.2) is 0 Å². The topological polar surface area (TPSA) is 92.6 Å². The molecule has 1 saturated carbocycles. The van der Waals surface area contributed by atoms with Crippen LogP contribution in [0.15, 0.2) is 36.7 Å². The molecule has 3 aromatic rings. The molecular formula is C19H21N7O. The predicted octanol–water partition coefficient (Wildman–Crippen LogP) is 1.64. The van der Waals surface area contributed by atoms with E-state index in [-0.39, 0.29) is 5.91 Å². The van der Waals surface area contributed by atoms with Crippen LogP contribution < -0.4 is 0 Å². The highest BCUT2D eigenvalue weighted by Crippen LogP contribution is 2.42. The lowest BCUT2D eigenvalue weighted by Crippen LogP contribution is -2.41. The van der Waals surface area contributed by atoms with Crippen molar-refractivity contribution in [2.24, 2.45) is 0 Å². The van der Waals surface area contributed by atoms with Crippen molar-refractivity contribution in [2.45, 2.75) is 44.2 Å². The molecule has 3 heterocycles. The van der Waals surface area contributed by atoms with E-state index in [1.807, 2.05) is 35.2 Å². The highest BCUT2D eigenvalue weighted by atomic mass is 16.2. The lowest BCUT2D eigenvalue weighted by Gasteiger charge is -2.30. The molecule has 0 radical (unpaired) electrons. The highest BCUT2D eigenvalue weighted by Gasteiger charge is 2.35. The standard InChI is InChI=1S/C19H21N7O/c27-19(17(26-12-20-23-24-26)10-13-4-2-1-3-5-13)25-9-8-16-15(11-25)18(22-21-16)14-6-7-14/h1-5,12,14,17H,6-11H2,(H,21,22). The summed E-state index contributed by atoms with van der Waals surface area (Å²) >= 11 is 0. The summed E-state index contributed by atoms with van der Waals surface area (Å²) in [6.07, 6.45) is 5.30. The maximum Gasteiger partial charge on any atom is 0.248 e. The molecule has 8 nitrogen and oxygen atoms in total. The zero-order chi connectivity index (χ0) is 18.2. The molecule has 1 aliphatic heterocycles. The second-order valence-corrected chi connectivity index (χ2v) is 7.35. The van der Waals surface area contributed by atoms with Crippen molar-refractivity contribution in [3.63, 3.8) is 0 Å². The molecule has 1 amide bonds. The van der Waals surface area contributed by atoms with Gasteiger partial charge in [0.1, 0.15) is 12.4 Å². The Hall–Kier alpha value is -3.03. The molecule has 0 bridgehead atoms. The fourth-order valence-electron chi connectivity index (χ4n) is 3.85. The Balaban J connectivity index is 1.40. The van der Waals surface area contributed by atoms with E-state index in [9.17, 15) is 4.79 Å². The first-order valence-electron chi connectivity index (χ1n) is 9.41. The van der Waals surface area contributed by atoms with E-state index in [4.69, 9.17) is 0 Å². The smallest absolute Gasteiger partial charge is 0.248 e. The van der Waals surface area contributed by atoms with E-state index in [2.05, 4.69) is 25.7 Å². The zero-order valence-corrected chi connectivity index (χ0v) is 15.0. The Kier molecular flexibility index (Phi) is 3.95. The van der Waals surface area contributed by atoms with Crippen molar-refractivity contribution in [3.05, 3.63) is 59.2 Å². The number of rotatable bonds is 5. The van der Waals surface area contributed by atoms with Gasteiger partial charge < -0.3 is 4.90 Å². The highest BCUT2D eigenvalue weighted by molar-refractivity contribution is 5.81. The van der Waals surface area contributed by atoms with Crippen molar-refractivity contribution >= 4 is 5.91 Å². The van der Waals surface area contributed by atoms with E-state index in [0.717, 1.165) is 17.7 Å². The number of carbonyl (C=O) groups excluding carboxylic acids is 1. The molecule has 2 aliphatic rings. The number of fused-ring (bicyclic) bond motifs is 1. The SMILES string of the molecule is O=C(C(Cc1ccccc1)n1cnnn1)N1CCc2[nH]nc(C3CC3)c2C1. The molecule has 0 spiro atoms. The van der Waals surface area contributed by atoms with Crippen LogP contribution in [0.25, 0.3) is 0 Å². The Morgan fingerprint density at radius 1 is 1.26 bits per heavy atom. The number of tetrazole rings is 1. The summed E-state index contributed by atoms with van der Waals surface area (Å²) in [7, 11) is 0. The van der Waals surface area contributed by atoms with Gasteiger partial charge in [-0.1, -0.05) is 30.3 Å². The predicted molar refractivity (Wildman–Crippen MR) is 96.7 cm³/mol. The van der Waals surface area contributed by atoms with Crippen molar-refractivity contribution in [1.29, 1.82) is 0 Å². The first-order chi connectivity index (χ1) is 13.3. The number of benzene rings is 1. The first kappa shape index (κ1) is 16.2. The Morgan fingerprint density at radius 3 is 2.85 bits per heavy atom. The maximum atomic E-state index is 13.4. The van der Waals surface area contributed by atoms with Gasteiger partial charge in [-0.05, 0) is 28.8 Å². The van der Waals surface area contributed by atoms with Crippen molar-refractivity contribution in [1.82, 2.24) is 35.3 Å². The van der Waals surface area contributed by atoms with E-state index in [1.165, 1.54) is 30.4 Å². The minimum Gasteiger partial charge on any atom is -0.336 e. The van der Waals surface area contributed by atoms with Gasteiger partial charge in [-0.2, -0.15) is 5.10 Å². The van der Waals surface area contributed by atoms with Crippen LogP contribution in [-0.2, 0) is 24.2 Å². The number of carbonyl (C=O) groups is 1. The Bertz CT molecular complexity index is 930. The van der Waals surface area contributed by atoms with E-state index in [0.29, 0.717) is 25.4 Å². The van der Waals surface area contributed by atoms with Crippen molar-refractivity contribution in [3.8, 4) is 0 Å². The Labute approximate surface area is 156 Å². The average molecular weight is 363 g/mol. The molecule has 1 unspecified atom stereocenters.